The van der Waals surface area contributed by atoms with Crippen molar-refractivity contribution in [1.82, 2.24) is 14.5 Å². The molecular formula is C24H22FN3O2. The van der Waals surface area contributed by atoms with Crippen molar-refractivity contribution in [2.75, 3.05) is 0 Å². The second kappa shape index (κ2) is 8.37. The Kier molecular flexibility index (Phi) is 5.48. The highest BCUT2D eigenvalue weighted by molar-refractivity contribution is 5.80. The maximum absolute atomic E-state index is 13.5. The minimum absolute atomic E-state index is 0.0637. The van der Waals surface area contributed by atoms with Gasteiger partial charge < -0.3 is 14.5 Å². The molecule has 2 heterocycles. The third-order valence-electron chi connectivity index (χ3n) is 5.06. The fraction of sp³-hybridized carbons (Fsp3) is 0.167. The van der Waals surface area contributed by atoms with Gasteiger partial charge in [-0.25, -0.2) is 4.39 Å². The van der Waals surface area contributed by atoms with Gasteiger partial charge in [-0.15, -0.1) is 0 Å². The summed E-state index contributed by atoms with van der Waals surface area (Å²) in [7, 11) is 0. The molecule has 1 N–H and O–H groups in total. The summed E-state index contributed by atoms with van der Waals surface area (Å²) in [4.78, 5) is 25.4. The number of hydrogen-bond donors (Lipinski definition) is 1. The van der Waals surface area contributed by atoms with Gasteiger partial charge in [0.1, 0.15) is 17.9 Å². The first-order valence-corrected chi connectivity index (χ1v) is 9.74. The monoisotopic (exact) mass is 403 g/mol. The Bertz CT molecular complexity index is 1260. The third kappa shape index (κ3) is 4.33. The van der Waals surface area contributed by atoms with Crippen LogP contribution < -0.4 is 10.9 Å². The maximum Gasteiger partial charge on any atom is 0.275 e. The van der Waals surface area contributed by atoms with Crippen LogP contribution in [-0.2, 0) is 24.4 Å². The van der Waals surface area contributed by atoms with Gasteiger partial charge in [-0.3, -0.25) is 9.59 Å². The second-order valence-electron chi connectivity index (χ2n) is 7.39. The van der Waals surface area contributed by atoms with Crippen molar-refractivity contribution in [1.29, 1.82) is 0 Å². The van der Waals surface area contributed by atoms with Crippen LogP contribution in [-0.4, -0.2) is 15.0 Å². The summed E-state index contributed by atoms with van der Waals surface area (Å²) in [6.45, 7) is 2.73. The Balaban J connectivity index is 1.51. The average Bonchev–Trinajstić information content (AvgIpc) is 3.13. The van der Waals surface area contributed by atoms with Crippen LogP contribution >= 0.6 is 0 Å². The number of benzene rings is 2. The lowest BCUT2D eigenvalue weighted by atomic mass is 10.1. The predicted octanol–water partition coefficient (Wildman–Crippen LogP) is 3.62. The number of carbonyl (C=O) groups excluding carboxylic acids is 1. The molecule has 4 rings (SSSR count). The lowest BCUT2D eigenvalue weighted by molar-refractivity contribution is -0.121. The van der Waals surface area contributed by atoms with E-state index < -0.39 is 0 Å². The summed E-state index contributed by atoms with van der Waals surface area (Å²) < 4.78 is 16.7. The van der Waals surface area contributed by atoms with Gasteiger partial charge in [0.15, 0.2) is 0 Å². The van der Waals surface area contributed by atoms with E-state index in [1.165, 1.54) is 16.7 Å². The molecule has 0 aliphatic rings. The van der Waals surface area contributed by atoms with Crippen molar-refractivity contribution < 1.29 is 9.18 Å². The van der Waals surface area contributed by atoms with Crippen molar-refractivity contribution in [3.63, 3.8) is 0 Å². The first-order chi connectivity index (χ1) is 14.5. The molecule has 0 aliphatic carbocycles. The van der Waals surface area contributed by atoms with Crippen LogP contribution in [0.1, 0.15) is 16.7 Å². The summed E-state index contributed by atoms with van der Waals surface area (Å²) in [6, 6.07) is 17.9. The molecule has 0 radical (unpaired) electrons. The SMILES string of the molecule is Cc1ccc(CNC(=O)Cn2ccc3ccn(Cc4cccc(F)c4)c3c2=O)cc1. The fourth-order valence-electron chi connectivity index (χ4n) is 3.45. The maximum atomic E-state index is 13.5. The molecular weight excluding hydrogens is 381 g/mol. The number of rotatable bonds is 6. The number of aryl methyl sites for hydroxylation is 1. The lowest BCUT2D eigenvalue weighted by Crippen LogP contribution is -2.32. The molecule has 2 aromatic heterocycles. The summed E-state index contributed by atoms with van der Waals surface area (Å²) in [6.07, 6.45) is 3.43. The molecule has 0 saturated carbocycles. The molecule has 152 valence electrons. The van der Waals surface area contributed by atoms with Gasteiger partial charge in [0, 0.05) is 30.9 Å². The van der Waals surface area contributed by atoms with Crippen LogP contribution in [0, 0.1) is 12.7 Å². The van der Waals surface area contributed by atoms with Crippen molar-refractivity contribution in [2.45, 2.75) is 26.6 Å². The average molecular weight is 403 g/mol. The largest absolute Gasteiger partial charge is 0.350 e. The van der Waals surface area contributed by atoms with Gasteiger partial charge in [0.25, 0.3) is 5.56 Å². The summed E-state index contributed by atoms with van der Waals surface area (Å²) in [5, 5.41) is 3.63. The van der Waals surface area contributed by atoms with Gasteiger partial charge >= 0.3 is 0 Å². The van der Waals surface area contributed by atoms with Crippen molar-refractivity contribution in [2.24, 2.45) is 0 Å². The van der Waals surface area contributed by atoms with E-state index in [0.29, 0.717) is 18.6 Å². The van der Waals surface area contributed by atoms with Gasteiger partial charge in [0.05, 0.1) is 0 Å². The molecule has 0 unspecified atom stereocenters. The standard InChI is InChI=1S/C24H22FN3O2/c1-17-5-7-18(8-6-17)14-26-22(29)16-28-12-10-20-9-11-27(23(20)24(28)30)15-19-3-2-4-21(25)13-19/h2-13H,14-16H2,1H3,(H,26,29). The molecule has 6 heteroatoms. The smallest absolute Gasteiger partial charge is 0.275 e. The number of hydrogen-bond acceptors (Lipinski definition) is 2. The van der Waals surface area contributed by atoms with E-state index in [-0.39, 0.29) is 23.8 Å². The van der Waals surface area contributed by atoms with Crippen LogP contribution in [0.4, 0.5) is 4.39 Å². The van der Waals surface area contributed by atoms with Gasteiger partial charge in [-0.05, 0) is 42.3 Å². The molecule has 1 amide bonds. The highest BCUT2D eigenvalue weighted by atomic mass is 19.1. The Morgan fingerprint density at radius 1 is 0.967 bits per heavy atom. The molecule has 0 atom stereocenters. The number of nitrogens with one attached hydrogen (secondary N) is 1. The van der Waals surface area contributed by atoms with E-state index in [1.807, 2.05) is 49.4 Å². The van der Waals surface area contributed by atoms with E-state index in [0.717, 1.165) is 22.1 Å². The zero-order valence-electron chi connectivity index (χ0n) is 16.6. The number of carbonyl (C=O) groups is 1. The molecule has 4 aromatic rings. The van der Waals surface area contributed by atoms with Crippen molar-refractivity contribution in [3.05, 3.63) is 106 Å². The zero-order chi connectivity index (χ0) is 21.1. The van der Waals surface area contributed by atoms with E-state index >= 15 is 0 Å². The predicted molar refractivity (Wildman–Crippen MR) is 115 cm³/mol. The van der Waals surface area contributed by atoms with Crippen LogP contribution in [0.3, 0.4) is 0 Å². The first kappa shape index (κ1) is 19.6. The van der Waals surface area contributed by atoms with E-state index in [4.69, 9.17) is 0 Å². The minimum Gasteiger partial charge on any atom is -0.350 e. The van der Waals surface area contributed by atoms with Crippen LogP contribution in [0.5, 0.6) is 0 Å². The second-order valence-corrected chi connectivity index (χ2v) is 7.39. The van der Waals surface area contributed by atoms with Gasteiger partial charge in [0.2, 0.25) is 5.91 Å². The zero-order valence-corrected chi connectivity index (χ0v) is 16.6. The van der Waals surface area contributed by atoms with Crippen LogP contribution in [0.25, 0.3) is 10.9 Å². The molecule has 0 spiro atoms. The molecule has 2 aromatic carbocycles. The number of halogens is 1. The lowest BCUT2D eigenvalue weighted by Gasteiger charge is -2.10. The Hall–Kier alpha value is -3.67. The Morgan fingerprint density at radius 2 is 1.70 bits per heavy atom. The highest BCUT2D eigenvalue weighted by Crippen LogP contribution is 2.14. The molecule has 0 saturated heterocycles. The number of fused-ring (bicyclic) bond motifs is 1. The van der Waals surface area contributed by atoms with Crippen LogP contribution in [0.2, 0.25) is 0 Å². The topological polar surface area (TPSA) is 56.0 Å². The minimum atomic E-state index is -0.313. The fourth-order valence-corrected chi connectivity index (χ4v) is 3.45. The Labute approximate surface area is 173 Å². The van der Waals surface area contributed by atoms with Gasteiger partial charge in [-0.1, -0.05) is 42.0 Å². The number of amides is 1. The number of nitrogens with zero attached hydrogens (tertiary/aromatic N) is 2. The van der Waals surface area contributed by atoms with E-state index in [1.54, 1.807) is 23.0 Å². The quantitative estimate of drug-likeness (QED) is 0.535. The first-order valence-electron chi connectivity index (χ1n) is 9.74. The van der Waals surface area contributed by atoms with Gasteiger partial charge in [-0.2, -0.15) is 0 Å². The summed E-state index contributed by atoms with van der Waals surface area (Å²) in [5.74, 6) is -0.549. The Morgan fingerprint density at radius 3 is 2.43 bits per heavy atom. The van der Waals surface area contributed by atoms with E-state index in [2.05, 4.69) is 5.32 Å². The van der Waals surface area contributed by atoms with E-state index in [9.17, 15) is 14.0 Å². The highest BCUT2D eigenvalue weighted by Gasteiger charge is 2.11. The summed E-state index contributed by atoms with van der Waals surface area (Å²) >= 11 is 0. The molecule has 0 fully saturated rings. The molecule has 0 bridgehead atoms. The molecule has 30 heavy (non-hydrogen) atoms. The number of pyridine rings is 1. The number of aromatic nitrogens is 2. The van der Waals surface area contributed by atoms with Crippen molar-refractivity contribution in [3.8, 4) is 0 Å². The molecule has 5 nitrogen and oxygen atoms in total. The van der Waals surface area contributed by atoms with Crippen molar-refractivity contribution >= 4 is 16.8 Å². The molecule has 0 aliphatic heterocycles. The summed E-state index contributed by atoms with van der Waals surface area (Å²) in [5.41, 5.74) is 3.16. The normalized spacial score (nSPS) is 11.0. The van der Waals surface area contributed by atoms with Crippen LogP contribution in [0.15, 0.2) is 77.9 Å². The third-order valence-corrected chi connectivity index (χ3v) is 5.06.